The fourth-order valence-electron chi connectivity index (χ4n) is 1.79. The number of hydrogen-bond acceptors (Lipinski definition) is 3. The molecule has 0 spiro atoms. The maximum atomic E-state index is 10.9. The Hall–Kier alpha value is -1.33. The minimum atomic E-state index is -0.863. The molecule has 0 saturated heterocycles. The van der Waals surface area contributed by atoms with Crippen LogP contribution in [0.4, 0.5) is 5.69 Å². The number of benzene rings is 1. The molecule has 2 rings (SSSR count). The van der Waals surface area contributed by atoms with Crippen LogP contribution in [0, 0.1) is 13.8 Å². The second-order valence-corrected chi connectivity index (χ2v) is 6.37. The quantitative estimate of drug-likeness (QED) is 0.865. The van der Waals surface area contributed by atoms with Crippen molar-refractivity contribution in [3.05, 3.63) is 49.6 Å². The zero-order valence-corrected chi connectivity index (χ0v) is 13.1. The molecule has 0 aliphatic heterocycles. The molecule has 0 fully saturated rings. The summed E-state index contributed by atoms with van der Waals surface area (Å²) in [4.78, 5) is 12.4. The van der Waals surface area contributed by atoms with Crippen LogP contribution in [0.15, 0.2) is 28.7 Å². The molecule has 1 aromatic carbocycles. The fraction of sp³-hybridized carbons (Fsp3) is 0.214. The van der Waals surface area contributed by atoms with E-state index in [1.807, 2.05) is 32.0 Å². The van der Waals surface area contributed by atoms with Crippen molar-refractivity contribution in [2.75, 3.05) is 5.32 Å². The van der Waals surface area contributed by atoms with E-state index in [4.69, 9.17) is 5.11 Å². The second kappa shape index (κ2) is 5.75. The number of carboxylic acids is 1. The molecule has 0 unspecified atom stereocenters. The first kappa shape index (κ1) is 14.1. The van der Waals surface area contributed by atoms with Gasteiger partial charge in [-0.1, -0.05) is 22.0 Å². The van der Waals surface area contributed by atoms with E-state index in [-0.39, 0.29) is 0 Å². The van der Waals surface area contributed by atoms with Crippen LogP contribution in [0.2, 0.25) is 0 Å². The van der Waals surface area contributed by atoms with Gasteiger partial charge in [0.25, 0.3) is 0 Å². The summed E-state index contributed by atoms with van der Waals surface area (Å²) in [5.74, 6) is -0.863. The molecule has 0 radical (unpaired) electrons. The van der Waals surface area contributed by atoms with Gasteiger partial charge in [-0.3, -0.25) is 0 Å². The van der Waals surface area contributed by atoms with Crippen molar-refractivity contribution in [1.29, 1.82) is 0 Å². The highest BCUT2D eigenvalue weighted by atomic mass is 79.9. The molecule has 5 heteroatoms. The van der Waals surface area contributed by atoms with Gasteiger partial charge in [0.1, 0.15) is 4.88 Å². The summed E-state index contributed by atoms with van der Waals surface area (Å²) in [5.41, 5.74) is 3.23. The Morgan fingerprint density at radius 2 is 2.16 bits per heavy atom. The average molecular weight is 340 g/mol. The molecule has 0 aliphatic rings. The summed E-state index contributed by atoms with van der Waals surface area (Å²) < 4.78 is 1.06. The molecule has 0 saturated carbocycles. The Labute approximate surface area is 124 Å². The van der Waals surface area contributed by atoms with Crippen LogP contribution < -0.4 is 5.32 Å². The Morgan fingerprint density at radius 3 is 2.79 bits per heavy atom. The van der Waals surface area contributed by atoms with Gasteiger partial charge in [0.2, 0.25) is 0 Å². The lowest BCUT2D eigenvalue weighted by molar-refractivity contribution is 0.0702. The number of hydrogen-bond donors (Lipinski definition) is 2. The zero-order valence-electron chi connectivity index (χ0n) is 10.7. The highest BCUT2D eigenvalue weighted by Crippen LogP contribution is 2.26. The zero-order chi connectivity index (χ0) is 14.0. The van der Waals surface area contributed by atoms with Gasteiger partial charge in [-0.25, -0.2) is 4.79 Å². The van der Waals surface area contributed by atoms with E-state index < -0.39 is 5.97 Å². The van der Waals surface area contributed by atoms with Gasteiger partial charge in [0.05, 0.1) is 0 Å². The topological polar surface area (TPSA) is 49.3 Å². The number of thiophene rings is 1. The van der Waals surface area contributed by atoms with Crippen LogP contribution in [0.5, 0.6) is 0 Å². The van der Waals surface area contributed by atoms with E-state index in [2.05, 4.69) is 21.2 Å². The largest absolute Gasteiger partial charge is 0.477 e. The minimum Gasteiger partial charge on any atom is -0.477 e. The van der Waals surface area contributed by atoms with Crippen LogP contribution in [0.25, 0.3) is 0 Å². The molecule has 0 aliphatic carbocycles. The van der Waals surface area contributed by atoms with Crippen molar-refractivity contribution in [2.45, 2.75) is 20.4 Å². The lowest BCUT2D eigenvalue weighted by Crippen LogP contribution is -2.01. The maximum Gasteiger partial charge on any atom is 0.345 e. The SMILES string of the molecule is Cc1sc(C(=O)O)cc1CNc1cccc(Br)c1C. The molecule has 100 valence electrons. The third-order valence-electron chi connectivity index (χ3n) is 2.97. The predicted molar refractivity (Wildman–Crippen MR) is 82.2 cm³/mol. The van der Waals surface area contributed by atoms with E-state index in [1.165, 1.54) is 11.3 Å². The first-order chi connectivity index (χ1) is 8.99. The van der Waals surface area contributed by atoms with Gasteiger partial charge in [-0.2, -0.15) is 0 Å². The smallest absolute Gasteiger partial charge is 0.345 e. The van der Waals surface area contributed by atoms with Crippen LogP contribution in [-0.2, 0) is 6.54 Å². The molecule has 0 bridgehead atoms. The number of halogens is 1. The van der Waals surface area contributed by atoms with Gasteiger partial charge in [0, 0.05) is 21.6 Å². The third-order valence-corrected chi connectivity index (χ3v) is 4.91. The predicted octanol–water partition coefficient (Wildman–Crippen LogP) is 4.44. The lowest BCUT2D eigenvalue weighted by atomic mass is 10.2. The first-order valence-corrected chi connectivity index (χ1v) is 7.41. The molecule has 2 N–H and O–H groups in total. The minimum absolute atomic E-state index is 0.389. The Bertz CT molecular complexity index is 622. The summed E-state index contributed by atoms with van der Waals surface area (Å²) in [6.45, 7) is 4.62. The molecule has 1 heterocycles. The van der Waals surface area contributed by atoms with E-state index in [9.17, 15) is 4.79 Å². The van der Waals surface area contributed by atoms with Gasteiger partial charge >= 0.3 is 5.97 Å². The normalized spacial score (nSPS) is 10.5. The number of anilines is 1. The summed E-state index contributed by atoms with van der Waals surface area (Å²) >= 11 is 4.81. The van der Waals surface area contributed by atoms with Crippen LogP contribution in [-0.4, -0.2) is 11.1 Å². The number of carboxylic acid groups (broad SMARTS) is 1. The highest BCUT2D eigenvalue weighted by molar-refractivity contribution is 9.10. The molecular formula is C14H14BrNO2S. The van der Waals surface area contributed by atoms with Crippen molar-refractivity contribution in [2.24, 2.45) is 0 Å². The number of aryl methyl sites for hydroxylation is 1. The molecule has 2 aromatic rings. The maximum absolute atomic E-state index is 10.9. The summed E-state index contributed by atoms with van der Waals surface area (Å²) in [6, 6.07) is 7.73. The summed E-state index contributed by atoms with van der Waals surface area (Å²) in [6.07, 6.45) is 0. The molecule has 19 heavy (non-hydrogen) atoms. The fourth-order valence-corrected chi connectivity index (χ4v) is 3.04. The standard InChI is InChI=1S/C14H14BrNO2S/c1-8-11(15)4-3-5-12(8)16-7-10-6-13(14(17)18)19-9(10)2/h3-6,16H,7H2,1-2H3,(H,17,18). The number of rotatable bonds is 4. The van der Waals surface area contributed by atoms with Gasteiger partial charge < -0.3 is 10.4 Å². The molecule has 1 aromatic heterocycles. The van der Waals surface area contributed by atoms with Crippen molar-refractivity contribution in [3.8, 4) is 0 Å². The Morgan fingerprint density at radius 1 is 1.42 bits per heavy atom. The van der Waals surface area contributed by atoms with Gasteiger partial charge in [0.15, 0.2) is 0 Å². The van der Waals surface area contributed by atoms with E-state index in [1.54, 1.807) is 6.07 Å². The average Bonchev–Trinajstić information content (AvgIpc) is 2.73. The van der Waals surface area contributed by atoms with Crippen LogP contribution in [0.3, 0.4) is 0 Å². The van der Waals surface area contributed by atoms with Crippen LogP contribution >= 0.6 is 27.3 Å². The number of nitrogens with one attached hydrogen (secondary N) is 1. The highest BCUT2D eigenvalue weighted by Gasteiger charge is 2.11. The third kappa shape index (κ3) is 3.16. The van der Waals surface area contributed by atoms with Crippen molar-refractivity contribution >= 4 is 38.9 Å². The number of aromatic carboxylic acids is 1. The van der Waals surface area contributed by atoms with E-state index in [0.717, 1.165) is 26.2 Å². The van der Waals surface area contributed by atoms with Gasteiger partial charge in [-0.05, 0) is 43.2 Å². The molecule has 0 amide bonds. The van der Waals surface area contributed by atoms with Crippen LogP contribution in [0.1, 0.15) is 25.7 Å². The second-order valence-electron chi connectivity index (χ2n) is 4.26. The van der Waals surface area contributed by atoms with E-state index >= 15 is 0 Å². The molecule has 3 nitrogen and oxygen atoms in total. The van der Waals surface area contributed by atoms with Crippen molar-refractivity contribution in [3.63, 3.8) is 0 Å². The summed E-state index contributed by atoms with van der Waals surface area (Å²) in [5, 5.41) is 12.3. The van der Waals surface area contributed by atoms with Crippen molar-refractivity contribution < 1.29 is 9.90 Å². The number of carbonyl (C=O) groups is 1. The van der Waals surface area contributed by atoms with Gasteiger partial charge in [-0.15, -0.1) is 11.3 Å². The monoisotopic (exact) mass is 339 g/mol. The molecular weight excluding hydrogens is 326 g/mol. The molecule has 0 atom stereocenters. The summed E-state index contributed by atoms with van der Waals surface area (Å²) in [7, 11) is 0. The Balaban J connectivity index is 2.14. The van der Waals surface area contributed by atoms with Crippen molar-refractivity contribution in [1.82, 2.24) is 0 Å². The lowest BCUT2D eigenvalue weighted by Gasteiger charge is -2.10. The Kier molecular flexibility index (Phi) is 4.27. The first-order valence-electron chi connectivity index (χ1n) is 5.80. The van der Waals surface area contributed by atoms with E-state index in [0.29, 0.717) is 11.4 Å².